The van der Waals surface area contributed by atoms with Crippen molar-refractivity contribution in [2.24, 2.45) is 0 Å². The van der Waals surface area contributed by atoms with E-state index < -0.39 is 0 Å². The minimum absolute atomic E-state index is 0. The monoisotopic (exact) mass is 633 g/mol. The zero-order valence-electron chi connectivity index (χ0n) is 19.4. The normalized spacial score (nSPS) is 12.2. The van der Waals surface area contributed by atoms with Crippen molar-refractivity contribution in [1.29, 1.82) is 5.26 Å². The number of hydrogen-bond donors (Lipinski definition) is 0. The Labute approximate surface area is 221 Å². The van der Waals surface area contributed by atoms with Crippen LogP contribution in [-0.4, -0.2) is 14.1 Å². The molecule has 0 spiro atoms. The van der Waals surface area contributed by atoms with Gasteiger partial charge >= 0.3 is 21.1 Å². The van der Waals surface area contributed by atoms with Crippen LogP contribution >= 0.6 is 0 Å². The van der Waals surface area contributed by atoms with Crippen molar-refractivity contribution in [3.05, 3.63) is 113 Å². The fourth-order valence-corrected chi connectivity index (χ4v) is 4.58. The van der Waals surface area contributed by atoms with Gasteiger partial charge in [0.15, 0.2) is 0 Å². The molecule has 1 aliphatic rings. The first kappa shape index (κ1) is 24.3. The molecule has 1 heterocycles. The van der Waals surface area contributed by atoms with Gasteiger partial charge in [-0.2, -0.15) is 10.8 Å². The van der Waals surface area contributed by atoms with Gasteiger partial charge < -0.3 is 9.80 Å². The molecular weight excluding hydrogens is 611 g/mol. The van der Waals surface area contributed by atoms with E-state index in [-0.39, 0.29) is 21.1 Å². The summed E-state index contributed by atoms with van der Waals surface area (Å²) in [5.41, 5.74) is 9.03. The van der Waals surface area contributed by atoms with E-state index in [0.29, 0.717) is 24.3 Å². The van der Waals surface area contributed by atoms with Gasteiger partial charge in [0.25, 0.3) is 0 Å². The van der Waals surface area contributed by atoms with Crippen molar-refractivity contribution in [2.45, 2.75) is 13.1 Å². The molecule has 0 fully saturated rings. The van der Waals surface area contributed by atoms with Crippen molar-refractivity contribution in [3.63, 3.8) is 0 Å². The second-order valence-electron chi connectivity index (χ2n) is 8.56. The van der Waals surface area contributed by atoms with Crippen molar-refractivity contribution in [2.75, 3.05) is 23.9 Å². The Morgan fingerprint density at radius 3 is 1.86 bits per heavy atom. The number of hydrogen-bond acceptors (Lipinski definition) is 3. The Bertz CT molecular complexity index is 1370. The Kier molecular flexibility index (Phi) is 7.07. The van der Waals surface area contributed by atoms with Crippen molar-refractivity contribution >= 4 is 17.1 Å². The largest absolute Gasteiger partial charge is 4.00 e. The average Bonchev–Trinajstić information content (AvgIpc) is 2.87. The molecule has 1 aliphatic heterocycles. The third-order valence-electron chi connectivity index (χ3n) is 6.12. The first-order valence-corrected chi connectivity index (χ1v) is 11.1. The third-order valence-corrected chi connectivity index (χ3v) is 6.12. The second-order valence-corrected chi connectivity index (χ2v) is 8.56. The topological polar surface area (TPSA) is 34.6 Å². The maximum atomic E-state index is 9.72. The molecule has 0 unspecified atom stereocenters. The maximum Gasteiger partial charge on any atom is 4.00 e. The molecule has 0 atom stereocenters. The molecule has 0 N–H and O–H groups in total. The fraction of sp³-hybridized carbons (Fsp3) is 0.133. The number of rotatable bonds is 0. The van der Waals surface area contributed by atoms with Gasteiger partial charge in [-0.15, -0.1) is 53.1 Å². The molecule has 0 amide bonds. The van der Waals surface area contributed by atoms with Gasteiger partial charge in [-0.3, -0.25) is 4.85 Å². The van der Waals surface area contributed by atoms with Gasteiger partial charge in [-0.05, 0) is 17.7 Å². The molecule has 0 aliphatic carbocycles. The number of nitrogens with zero attached hydrogens (tertiary/aromatic N) is 4. The summed E-state index contributed by atoms with van der Waals surface area (Å²) in [6.45, 7) is 8.83. The molecular formula is C30H22N4Pt+2. The first-order valence-electron chi connectivity index (χ1n) is 11.1. The number of nitriles is 1. The predicted octanol–water partition coefficient (Wildman–Crippen LogP) is 6.63. The average molecular weight is 634 g/mol. The molecule has 4 nitrogen and oxygen atoms in total. The first-order chi connectivity index (χ1) is 16.6. The van der Waals surface area contributed by atoms with Crippen LogP contribution in [0.3, 0.4) is 0 Å². The van der Waals surface area contributed by atoms with E-state index in [1.165, 1.54) is 0 Å². The van der Waals surface area contributed by atoms with Crippen LogP contribution in [0, 0.1) is 30.0 Å². The van der Waals surface area contributed by atoms with Gasteiger partial charge in [0.2, 0.25) is 0 Å². The van der Waals surface area contributed by atoms with Crippen LogP contribution in [-0.2, 0) is 34.2 Å². The maximum absolute atomic E-state index is 9.72. The zero-order valence-corrected chi connectivity index (χ0v) is 21.7. The number of anilines is 2. The summed E-state index contributed by atoms with van der Waals surface area (Å²) in [5, 5.41) is 9.72. The standard InChI is InChI=1S/C30H22N4.Pt/c1-32-26-16-23-15-25(17-26)28-9-5-7-11-30(28)33(2)19-22-12-21(18-31)13-24(14-22)27-8-4-6-10-29(27)34(3)20-23;/h4-13,16-17H,19-20H2,2-3H3;/q-2;+4. The van der Waals surface area contributed by atoms with Gasteiger partial charge in [-0.1, -0.05) is 47.5 Å². The Hall–Kier alpha value is -3.85. The summed E-state index contributed by atoms with van der Waals surface area (Å²) in [7, 11) is 4.08. The summed E-state index contributed by atoms with van der Waals surface area (Å²) >= 11 is 0. The van der Waals surface area contributed by atoms with E-state index in [4.69, 9.17) is 6.57 Å². The molecule has 5 rings (SSSR count). The van der Waals surface area contributed by atoms with Crippen LogP contribution < -0.4 is 9.80 Å². The quantitative estimate of drug-likeness (QED) is 0.204. The summed E-state index contributed by atoms with van der Waals surface area (Å²) < 4.78 is 0. The third kappa shape index (κ3) is 4.85. The van der Waals surface area contributed by atoms with Crippen molar-refractivity contribution in [1.82, 2.24) is 0 Å². The summed E-state index contributed by atoms with van der Waals surface area (Å²) in [6.07, 6.45) is 0. The molecule has 0 saturated carbocycles. The molecule has 4 aromatic carbocycles. The summed E-state index contributed by atoms with van der Waals surface area (Å²) in [5.74, 6) is 0. The summed E-state index contributed by atoms with van der Waals surface area (Å²) in [4.78, 5) is 8.06. The van der Waals surface area contributed by atoms with Crippen LogP contribution in [0.25, 0.3) is 27.1 Å². The second kappa shape index (κ2) is 10.2. The molecule has 0 aromatic heterocycles. The predicted molar refractivity (Wildman–Crippen MR) is 137 cm³/mol. The van der Waals surface area contributed by atoms with E-state index in [9.17, 15) is 5.26 Å². The molecule has 35 heavy (non-hydrogen) atoms. The van der Waals surface area contributed by atoms with Crippen molar-refractivity contribution in [3.8, 4) is 28.3 Å². The van der Waals surface area contributed by atoms with E-state index in [2.05, 4.69) is 57.1 Å². The molecule has 4 bridgehead atoms. The number of fused-ring (bicyclic) bond motifs is 8. The molecule has 5 heteroatoms. The number of para-hydroxylation sites is 2. The fourth-order valence-electron chi connectivity index (χ4n) is 4.58. The van der Waals surface area contributed by atoms with Gasteiger partial charge in [0.05, 0.1) is 12.6 Å². The van der Waals surface area contributed by atoms with E-state index in [0.717, 1.165) is 44.8 Å². The van der Waals surface area contributed by atoms with Gasteiger partial charge in [0.1, 0.15) is 5.69 Å². The van der Waals surface area contributed by atoms with Crippen LogP contribution in [0.1, 0.15) is 16.7 Å². The van der Waals surface area contributed by atoms with Crippen molar-refractivity contribution < 1.29 is 21.1 Å². The SMILES string of the molecule is [C-]#[N+]c1cc2[c-]c(c1)-c1ccccc1N(C)Cc1[c-]c(cc(C#N)c1)-c1ccccc1N(C)C2.[Pt+4]. The molecule has 4 aromatic rings. The van der Waals surface area contributed by atoms with Crippen LogP contribution in [0.15, 0.2) is 72.8 Å². The Balaban J connectivity index is 0.00000289. The van der Waals surface area contributed by atoms with E-state index >= 15 is 0 Å². The molecule has 170 valence electrons. The molecule has 0 saturated heterocycles. The zero-order chi connectivity index (χ0) is 23.7. The number of benzene rings is 4. The summed E-state index contributed by atoms with van der Waals surface area (Å²) in [6, 6.07) is 33.4. The van der Waals surface area contributed by atoms with Crippen LogP contribution in [0.2, 0.25) is 0 Å². The Morgan fingerprint density at radius 2 is 1.31 bits per heavy atom. The van der Waals surface area contributed by atoms with Crippen LogP contribution in [0.5, 0.6) is 0 Å². The smallest absolute Gasteiger partial charge is 0.379 e. The van der Waals surface area contributed by atoms with E-state index in [1.54, 1.807) is 0 Å². The minimum Gasteiger partial charge on any atom is -0.379 e. The van der Waals surface area contributed by atoms with E-state index in [1.807, 2.05) is 62.6 Å². The minimum atomic E-state index is 0. The van der Waals surface area contributed by atoms with Crippen LogP contribution in [0.4, 0.5) is 17.1 Å². The molecule has 0 radical (unpaired) electrons. The Morgan fingerprint density at radius 1 is 0.800 bits per heavy atom. The van der Waals surface area contributed by atoms with Gasteiger partial charge in [-0.25, -0.2) is 0 Å². The van der Waals surface area contributed by atoms with Gasteiger partial charge in [0, 0.05) is 38.6 Å².